The zero-order valence-corrected chi connectivity index (χ0v) is 14.8. The van der Waals surface area contributed by atoms with Crippen LogP contribution < -0.4 is 4.74 Å². The Bertz CT molecular complexity index is 660. The molecule has 0 aromatic heterocycles. The fourth-order valence-corrected chi connectivity index (χ4v) is 3.93. The lowest BCUT2D eigenvalue weighted by Crippen LogP contribution is -2.31. The molecule has 2 aliphatic rings. The van der Waals surface area contributed by atoms with Gasteiger partial charge >= 0.3 is 0 Å². The summed E-state index contributed by atoms with van der Waals surface area (Å²) in [5.74, 6) is 0.930. The molecule has 3 nitrogen and oxygen atoms in total. The fraction of sp³-hybridized carbons (Fsp3) is 0.455. The summed E-state index contributed by atoms with van der Waals surface area (Å²) in [6, 6.07) is 18.8. The van der Waals surface area contributed by atoms with Gasteiger partial charge in [0.2, 0.25) is 0 Å². The van der Waals surface area contributed by atoms with E-state index in [1.165, 1.54) is 37.1 Å². The van der Waals surface area contributed by atoms with Crippen LogP contribution in [-0.2, 0) is 17.8 Å². The van der Waals surface area contributed by atoms with Crippen molar-refractivity contribution < 1.29 is 9.47 Å². The first-order chi connectivity index (χ1) is 12.3. The van der Waals surface area contributed by atoms with E-state index in [4.69, 9.17) is 9.47 Å². The van der Waals surface area contributed by atoms with Crippen molar-refractivity contribution >= 4 is 0 Å². The Kier molecular flexibility index (Phi) is 5.04. The van der Waals surface area contributed by atoms with Gasteiger partial charge in [0.25, 0.3) is 0 Å². The summed E-state index contributed by atoms with van der Waals surface area (Å²) in [5, 5.41) is 0. The Morgan fingerprint density at radius 1 is 0.880 bits per heavy atom. The summed E-state index contributed by atoms with van der Waals surface area (Å²) < 4.78 is 12.1. The van der Waals surface area contributed by atoms with Gasteiger partial charge in [-0.3, -0.25) is 0 Å². The molecule has 2 aromatic carbocycles. The van der Waals surface area contributed by atoms with E-state index >= 15 is 0 Å². The maximum Gasteiger partial charge on any atom is 0.119 e. The van der Waals surface area contributed by atoms with Crippen molar-refractivity contribution in [1.82, 2.24) is 4.90 Å². The van der Waals surface area contributed by atoms with E-state index in [0.29, 0.717) is 6.61 Å². The van der Waals surface area contributed by atoms with Crippen LogP contribution in [0.3, 0.4) is 0 Å². The first kappa shape index (κ1) is 16.6. The molecule has 4 rings (SSSR count). The lowest BCUT2D eigenvalue weighted by Gasteiger charge is -2.25. The van der Waals surface area contributed by atoms with Crippen molar-refractivity contribution in [2.45, 2.75) is 37.9 Å². The second kappa shape index (κ2) is 7.59. The van der Waals surface area contributed by atoms with Crippen LogP contribution in [0.15, 0.2) is 54.6 Å². The maximum atomic E-state index is 6.25. The van der Waals surface area contributed by atoms with E-state index in [-0.39, 0.29) is 5.60 Å². The van der Waals surface area contributed by atoms with Gasteiger partial charge in [-0.2, -0.15) is 0 Å². The van der Waals surface area contributed by atoms with Crippen LogP contribution in [0.5, 0.6) is 5.75 Å². The second-order valence-corrected chi connectivity index (χ2v) is 7.33. The number of rotatable bonds is 8. The summed E-state index contributed by atoms with van der Waals surface area (Å²) >= 11 is 0. The minimum Gasteiger partial charge on any atom is -0.489 e. The summed E-state index contributed by atoms with van der Waals surface area (Å²) in [6.45, 7) is 5.10. The van der Waals surface area contributed by atoms with Gasteiger partial charge < -0.3 is 14.4 Å². The molecule has 0 spiro atoms. The van der Waals surface area contributed by atoms with Crippen molar-refractivity contribution in [3.63, 3.8) is 0 Å². The van der Waals surface area contributed by atoms with Crippen molar-refractivity contribution in [1.29, 1.82) is 0 Å². The maximum absolute atomic E-state index is 6.25. The minimum atomic E-state index is 0.190. The van der Waals surface area contributed by atoms with Crippen LogP contribution in [-0.4, -0.2) is 36.7 Å². The summed E-state index contributed by atoms with van der Waals surface area (Å²) in [4.78, 5) is 2.52. The van der Waals surface area contributed by atoms with Gasteiger partial charge in [0.1, 0.15) is 12.4 Å². The first-order valence-corrected chi connectivity index (χ1v) is 9.43. The molecule has 0 unspecified atom stereocenters. The third-order valence-electron chi connectivity index (χ3n) is 5.47. The zero-order valence-electron chi connectivity index (χ0n) is 14.8. The molecule has 2 fully saturated rings. The summed E-state index contributed by atoms with van der Waals surface area (Å²) in [5.41, 5.74) is 2.74. The number of piperidine rings is 1. The fourth-order valence-electron chi connectivity index (χ4n) is 3.93. The van der Waals surface area contributed by atoms with E-state index in [2.05, 4.69) is 41.3 Å². The molecule has 0 radical (unpaired) electrons. The predicted octanol–water partition coefficient (Wildman–Crippen LogP) is 4.06. The van der Waals surface area contributed by atoms with E-state index in [0.717, 1.165) is 31.7 Å². The zero-order chi connectivity index (χ0) is 17.0. The SMILES string of the molecule is c1ccc(COc2ccc(CCCOC34CCN(CC3)C4)cc2)cc1. The van der Waals surface area contributed by atoms with E-state index < -0.39 is 0 Å². The molecule has 132 valence electrons. The molecule has 0 atom stereocenters. The molecule has 0 aliphatic carbocycles. The molecule has 2 bridgehead atoms. The minimum absolute atomic E-state index is 0.190. The van der Waals surface area contributed by atoms with Crippen LogP contribution in [0.25, 0.3) is 0 Å². The predicted molar refractivity (Wildman–Crippen MR) is 99.9 cm³/mol. The van der Waals surface area contributed by atoms with Gasteiger partial charge in [-0.1, -0.05) is 42.5 Å². The lowest BCUT2D eigenvalue weighted by molar-refractivity contribution is -0.0263. The molecule has 2 saturated heterocycles. The molecular formula is C22H27NO2. The number of hydrogen-bond donors (Lipinski definition) is 0. The lowest BCUT2D eigenvalue weighted by atomic mass is 10.00. The van der Waals surface area contributed by atoms with Gasteiger partial charge in [-0.25, -0.2) is 0 Å². The van der Waals surface area contributed by atoms with Gasteiger partial charge in [0, 0.05) is 26.2 Å². The highest BCUT2D eigenvalue weighted by molar-refractivity contribution is 5.28. The van der Waals surface area contributed by atoms with Crippen LogP contribution in [0.2, 0.25) is 0 Å². The van der Waals surface area contributed by atoms with Crippen molar-refractivity contribution in [2.24, 2.45) is 0 Å². The Balaban J connectivity index is 1.18. The Morgan fingerprint density at radius 3 is 2.32 bits per heavy atom. The van der Waals surface area contributed by atoms with Gasteiger partial charge in [0.05, 0.1) is 5.60 Å². The van der Waals surface area contributed by atoms with Crippen molar-refractivity contribution in [3.05, 3.63) is 65.7 Å². The van der Waals surface area contributed by atoms with Crippen LogP contribution in [0.4, 0.5) is 0 Å². The van der Waals surface area contributed by atoms with Crippen LogP contribution in [0.1, 0.15) is 30.4 Å². The molecule has 2 aromatic rings. The van der Waals surface area contributed by atoms with Crippen molar-refractivity contribution in [3.8, 4) is 5.75 Å². The normalized spacial score (nSPS) is 24.6. The molecule has 2 heterocycles. The Labute approximate surface area is 150 Å². The molecule has 25 heavy (non-hydrogen) atoms. The van der Waals surface area contributed by atoms with Crippen LogP contribution in [0, 0.1) is 0 Å². The standard InChI is InChI=1S/C22H27NO2/c1-2-5-20(6-3-1)17-24-21-10-8-19(9-11-21)7-4-16-25-22-12-14-23(18-22)15-13-22/h1-3,5-6,8-11H,4,7,12-18H2. The highest BCUT2D eigenvalue weighted by atomic mass is 16.5. The molecule has 2 aliphatic heterocycles. The topological polar surface area (TPSA) is 21.7 Å². The van der Waals surface area contributed by atoms with E-state index in [1.54, 1.807) is 0 Å². The number of ether oxygens (including phenoxy) is 2. The first-order valence-electron chi connectivity index (χ1n) is 9.43. The highest BCUT2D eigenvalue weighted by Gasteiger charge is 2.44. The smallest absolute Gasteiger partial charge is 0.119 e. The third kappa shape index (κ3) is 4.23. The average Bonchev–Trinajstić information content (AvgIpc) is 3.27. The molecular weight excluding hydrogens is 310 g/mol. The number of aryl methyl sites for hydroxylation is 1. The van der Waals surface area contributed by atoms with Gasteiger partial charge in [0.15, 0.2) is 0 Å². The monoisotopic (exact) mass is 337 g/mol. The number of fused-ring (bicyclic) bond motifs is 2. The molecule has 0 saturated carbocycles. The van der Waals surface area contributed by atoms with Gasteiger partial charge in [-0.05, 0) is 48.9 Å². The quantitative estimate of drug-likeness (QED) is 0.678. The number of hydrogen-bond acceptors (Lipinski definition) is 3. The molecule has 0 N–H and O–H groups in total. The third-order valence-corrected chi connectivity index (χ3v) is 5.47. The Hall–Kier alpha value is -1.84. The van der Waals surface area contributed by atoms with Crippen LogP contribution >= 0.6 is 0 Å². The van der Waals surface area contributed by atoms with E-state index in [9.17, 15) is 0 Å². The highest BCUT2D eigenvalue weighted by Crippen LogP contribution is 2.35. The van der Waals surface area contributed by atoms with Crippen molar-refractivity contribution in [2.75, 3.05) is 26.2 Å². The number of nitrogens with zero attached hydrogens (tertiary/aromatic N) is 1. The summed E-state index contributed by atoms with van der Waals surface area (Å²) in [7, 11) is 0. The van der Waals surface area contributed by atoms with Gasteiger partial charge in [-0.15, -0.1) is 0 Å². The number of benzene rings is 2. The average molecular weight is 337 g/mol. The molecule has 3 heteroatoms. The molecule has 0 amide bonds. The van der Waals surface area contributed by atoms with E-state index in [1.807, 2.05) is 18.2 Å². The second-order valence-electron chi connectivity index (χ2n) is 7.33. The summed E-state index contributed by atoms with van der Waals surface area (Å²) in [6.07, 6.45) is 4.60. The largest absolute Gasteiger partial charge is 0.489 e. The Morgan fingerprint density at radius 2 is 1.64 bits per heavy atom.